The minimum atomic E-state index is -6.39. The average Bonchev–Trinajstić information content (AvgIpc) is 3.52. The smallest absolute Gasteiger partial charge is 0.320 e. The van der Waals surface area contributed by atoms with E-state index in [2.05, 4.69) is 5.32 Å². The van der Waals surface area contributed by atoms with Crippen LogP contribution in [0.1, 0.15) is 42.9 Å². The molecule has 246 valence electrons. The number of nitrogens with one attached hydrogen (secondary N) is 1. The fraction of sp³-hybridized carbons (Fsp3) is 0.464. The van der Waals surface area contributed by atoms with Crippen LogP contribution < -0.4 is 5.32 Å². The molecule has 2 aliphatic heterocycles. The van der Waals surface area contributed by atoms with E-state index in [4.69, 9.17) is 0 Å². The Morgan fingerprint density at radius 2 is 1.60 bits per heavy atom. The van der Waals surface area contributed by atoms with E-state index in [1.165, 1.54) is 11.8 Å². The molecule has 0 spiro atoms. The number of allylic oxidation sites excluding steroid dienone is 1. The van der Waals surface area contributed by atoms with Crippen molar-refractivity contribution < 1.29 is 56.8 Å². The number of halogens is 8. The van der Waals surface area contributed by atoms with Crippen LogP contribution in [0.3, 0.4) is 0 Å². The molecule has 0 saturated carbocycles. The first-order valence-electron chi connectivity index (χ1n) is 13.6. The molecular formula is C28H26F8N2O5S2. The zero-order valence-electron chi connectivity index (χ0n) is 23.4. The number of aryl methyl sites for hydroxylation is 1. The molecule has 1 aliphatic carbocycles. The van der Waals surface area contributed by atoms with E-state index in [-0.39, 0.29) is 66.6 Å². The second kappa shape index (κ2) is 10.7. The molecule has 0 aromatic heterocycles. The van der Waals surface area contributed by atoms with Crippen LogP contribution in [0.15, 0.2) is 58.6 Å². The lowest BCUT2D eigenvalue weighted by molar-refractivity contribution is -0.348. The van der Waals surface area contributed by atoms with Gasteiger partial charge in [0, 0.05) is 17.8 Å². The molecule has 3 aliphatic rings. The predicted molar refractivity (Wildman–Crippen MR) is 145 cm³/mol. The summed E-state index contributed by atoms with van der Waals surface area (Å²) in [6, 6.07) is 2.99. The van der Waals surface area contributed by atoms with Crippen LogP contribution >= 0.6 is 0 Å². The van der Waals surface area contributed by atoms with Gasteiger partial charge in [-0.05, 0) is 73.6 Å². The lowest BCUT2D eigenvalue weighted by Gasteiger charge is -2.43. The second-order valence-electron chi connectivity index (χ2n) is 11.4. The number of alkyl halides is 7. The zero-order valence-corrected chi connectivity index (χ0v) is 25.0. The van der Waals surface area contributed by atoms with Crippen molar-refractivity contribution in [3.05, 3.63) is 76.2 Å². The lowest BCUT2D eigenvalue weighted by Crippen LogP contribution is -2.54. The second-order valence-corrected chi connectivity index (χ2v) is 15.8. The number of likely N-dealkylation sites (tertiary alicyclic amines) is 1. The fourth-order valence-electron chi connectivity index (χ4n) is 6.60. The van der Waals surface area contributed by atoms with Crippen LogP contribution in [0.25, 0.3) is 0 Å². The van der Waals surface area contributed by atoms with Crippen molar-refractivity contribution in [1.82, 2.24) is 10.2 Å². The quantitative estimate of drug-likeness (QED) is 0.333. The highest BCUT2D eigenvalue weighted by atomic mass is 32.2. The van der Waals surface area contributed by atoms with E-state index in [9.17, 15) is 56.8 Å². The number of urea groups is 1. The number of carbonyl (C=O) groups is 1. The summed E-state index contributed by atoms with van der Waals surface area (Å²) in [7, 11) is -7.98. The number of rotatable bonds is 4. The van der Waals surface area contributed by atoms with Gasteiger partial charge in [0.15, 0.2) is 19.7 Å². The largest absolute Gasteiger partial charge is 0.435 e. The van der Waals surface area contributed by atoms with E-state index in [0.29, 0.717) is 11.6 Å². The third kappa shape index (κ3) is 5.19. The van der Waals surface area contributed by atoms with Gasteiger partial charge in [-0.3, -0.25) is 0 Å². The highest BCUT2D eigenvalue weighted by molar-refractivity contribution is 7.92. The number of carbonyl (C=O) groups excluding carboxylic acids is 1. The first-order valence-corrected chi connectivity index (χ1v) is 16.9. The van der Waals surface area contributed by atoms with Gasteiger partial charge in [-0.1, -0.05) is 18.2 Å². The number of amides is 2. The molecule has 0 bridgehead atoms. The van der Waals surface area contributed by atoms with Gasteiger partial charge in [-0.15, -0.1) is 0 Å². The molecule has 2 amide bonds. The maximum Gasteiger partial charge on any atom is 0.435 e. The van der Waals surface area contributed by atoms with Crippen molar-refractivity contribution in [2.75, 3.05) is 18.1 Å². The number of hydrogen-bond acceptors (Lipinski definition) is 5. The van der Waals surface area contributed by atoms with Gasteiger partial charge in [0.05, 0.1) is 22.4 Å². The minimum absolute atomic E-state index is 0.109. The van der Waals surface area contributed by atoms with Gasteiger partial charge in [0.1, 0.15) is 10.6 Å². The molecule has 2 atom stereocenters. The summed E-state index contributed by atoms with van der Waals surface area (Å²) in [6.45, 7) is 1.26. The van der Waals surface area contributed by atoms with Gasteiger partial charge in [0.2, 0.25) is 0 Å². The Kier molecular flexibility index (Phi) is 7.86. The molecule has 2 aromatic rings. The summed E-state index contributed by atoms with van der Waals surface area (Å²) in [5.74, 6) is -1.16. The highest BCUT2D eigenvalue weighted by Crippen LogP contribution is 2.56. The molecule has 7 nitrogen and oxygen atoms in total. The molecule has 0 unspecified atom stereocenters. The van der Waals surface area contributed by atoms with Crippen LogP contribution in [0.4, 0.5) is 39.9 Å². The van der Waals surface area contributed by atoms with Crippen molar-refractivity contribution in [2.24, 2.45) is 0 Å². The van der Waals surface area contributed by atoms with Gasteiger partial charge < -0.3 is 10.2 Å². The average molecular weight is 687 g/mol. The molecule has 2 aromatic carbocycles. The predicted octanol–water partition coefficient (Wildman–Crippen LogP) is 5.61. The van der Waals surface area contributed by atoms with E-state index in [1.54, 1.807) is 0 Å². The van der Waals surface area contributed by atoms with Crippen molar-refractivity contribution in [2.45, 2.75) is 66.3 Å². The molecule has 2 heterocycles. The first kappa shape index (κ1) is 33.2. The van der Waals surface area contributed by atoms with Gasteiger partial charge >= 0.3 is 24.1 Å². The fourth-order valence-corrected chi connectivity index (χ4v) is 10.6. The SMILES string of the molecule is C/C(NC(=O)N1CC[C@@]2(S(=O)(=O)c3ccc(F)cc3)c3ccc(C(F)(C(F)(F)F)C(F)(F)F)cc3CC[C@@H]12)=C1/CCS(=O)(=O)C1. The number of nitrogens with zero attached hydrogens (tertiary/aromatic N) is 1. The Morgan fingerprint density at radius 3 is 2.16 bits per heavy atom. The normalized spacial score (nSPS) is 24.6. The molecule has 17 heteroatoms. The third-order valence-electron chi connectivity index (χ3n) is 8.86. The maximum absolute atomic E-state index is 15.0. The van der Waals surface area contributed by atoms with Crippen molar-refractivity contribution in [3.63, 3.8) is 0 Å². The molecule has 0 radical (unpaired) electrons. The van der Waals surface area contributed by atoms with Crippen LogP contribution in [0.2, 0.25) is 0 Å². The number of fused-ring (bicyclic) bond motifs is 3. The van der Waals surface area contributed by atoms with E-state index >= 15 is 0 Å². The summed E-state index contributed by atoms with van der Waals surface area (Å²) in [5.41, 5.74) is -7.28. The van der Waals surface area contributed by atoms with E-state index in [0.717, 1.165) is 30.3 Å². The standard InChI is InChI=1S/C28H26F8N2O5S2/c1-16(18-10-13-44(40,41)15-18)37-24(39)38-12-11-25(45(42,43)21-6-4-20(29)5-7-21)22-8-3-19(14-17(22)2-9-23(25)38)26(30,27(31,32)33)28(34,35)36/h3-8,14,23H,2,9-13,15H2,1H3,(H,37,39)/b18-16+/t23-,25-/m1/s1. The minimum Gasteiger partial charge on any atom is -0.320 e. The van der Waals surface area contributed by atoms with Gasteiger partial charge in [-0.25, -0.2) is 30.4 Å². The number of sulfone groups is 2. The number of hydrogen-bond donors (Lipinski definition) is 1. The summed E-state index contributed by atoms with van der Waals surface area (Å²) in [4.78, 5) is 14.3. The highest BCUT2D eigenvalue weighted by Gasteiger charge is 2.74. The first-order chi connectivity index (χ1) is 20.7. The summed E-state index contributed by atoms with van der Waals surface area (Å²) >= 11 is 0. The summed E-state index contributed by atoms with van der Waals surface area (Å²) in [6.07, 6.45) is -13.5. The van der Waals surface area contributed by atoms with Gasteiger partial charge in [0.25, 0.3) is 0 Å². The summed E-state index contributed by atoms with van der Waals surface area (Å²) < 4.78 is 160. The zero-order chi connectivity index (χ0) is 33.4. The lowest BCUT2D eigenvalue weighted by atomic mass is 9.77. The molecule has 2 fully saturated rings. The van der Waals surface area contributed by atoms with Crippen LogP contribution in [0.5, 0.6) is 0 Å². The van der Waals surface area contributed by atoms with E-state index in [1.807, 2.05) is 0 Å². The molecular weight excluding hydrogens is 660 g/mol. The van der Waals surface area contributed by atoms with Crippen molar-refractivity contribution in [1.29, 1.82) is 0 Å². The Hall–Kier alpha value is -3.21. The monoisotopic (exact) mass is 686 g/mol. The van der Waals surface area contributed by atoms with Crippen LogP contribution in [0, 0.1) is 5.82 Å². The molecule has 1 N–H and O–H groups in total. The van der Waals surface area contributed by atoms with Crippen LogP contribution in [-0.2, 0) is 36.5 Å². The Bertz CT molecular complexity index is 1770. The Balaban J connectivity index is 1.63. The Labute approximate surface area is 253 Å². The van der Waals surface area contributed by atoms with E-state index < -0.39 is 70.8 Å². The topological polar surface area (TPSA) is 101 Å². The third-order valence-corrected chi connectivity index (χ3v) is 13.0. The summed E-state index contributed by atoms with van der Waals surface area (Å²) in [5, 5.41) is 2.59. The van der Waals surface area contributed by atoms with Crippen LogP contribution in [-0.4, -0.2) is 64.2 Å². The number of benzene rings is 2. The maximum atomic E-state index is 15.0. The molecule has 5 rings (SSSR count). The van der Waals surface area contributed by atoms with Gasteiger partial charge in [-0.2, -0.15) is 26.3 Å². The van der Waals surface area contributed by atoms with Crippen molar-refractivity contribution >= 4 is 25.7 Å². The Morgan fingerprint density at radius 1 is 0.978 bits per heavy atom. The molecule has 2 saturated heterocycles. The van der Waals surface area contributed by atoms with Crippen molar-refractivity contribution in [3.8, 4) is 0 Å². The molecule has 45 heavy (non-hydrogen) atoms.